The monoisotopic (exact) mass is 719 g/mol. The van der Waals surface area contributed by atoms with E-state index in [2.05, 4.69) is 193 Å². The largest absolute Gasteiger partial charge is 0.456 e. The fourth-order valence-corrected chi connectivity index (χ4v) is 9.22. The van der Waals surface area contributed by atoms with Crippen LogP contribution in [0.2, 0.25) is 0 Å². The zero-order chi connectivity index (χ0) is 36.3. The summed E-state index contributed by atoms with van der Waals surface area (Å²) in [5.74, 6) is 0. The van der Waals surface area contributed by atoms with Gasteiger partial charge in [0, 0.05) is 53.9 Å². The molecule has 55 heavy (non-hydrogen) atoms. The summed E-state index contributed by atoms with van der Waals surface area (Å²) in [5, 5.41) is 7.34. The van der Waals surface area contributed by atoms with Crippen molar-refractivity contribution in [2.24, 2.45) is 0 Å². The number of hydrogen-bond donors (Lipinski definition) is 0. The molecule has 2 nitrogen and oxygen atoms in total. The molecule has 11 rings (SSSR count). The first-order valence-corrected chi connectivity index (χ1v) is 19.5. The lowest BCUT2D eigenvalue weighted by Gasteiger charge is -2.28. The van der Waals surface area contributed by atoms with Crippen LogP contribution in [0.1, 0.15) is 0 Å². The van der Waals surface area contributed by atoms with Crippen LogP contribution in [0, 0.1) is 0 Å². The van der Waals surface area contributed by atoms with Crippen molar-refractivity contribution >= 4 is 81.3 Å². The van der Waals surface area contributed by atoms with E-state index < -0.39 is 0 Å². The highest BCUT2D eigenvalue weighted by molar-refractivity contribution is 7.25. The number of hydrogen-bond acceptors (Lipinski definition) is 3. The smallest absolute Gasteiger partial charge is 0.137 e. The van der Waals surface area contributed by atoms with Gasteiger partial charge in [0.25, 0.3) is 0 Å². The zero-order valence-corrected chi connectivity index (χ0v) is 30.6. The van der Waals surface area contributed by atoms with E-state index in [1.54, 1.807) is 0 Å². The van der Waals surface area contributed by atoms with E-state index in [1.807, 2.05) is 23.5 Å². The van der Waals surface area contributed by atoms with Crippen LogP contribution in [0.15, 0.2) is 205 Å². The van der Waals surface area contributed by atoms with Crippen LogP contribution in [0.4, 0.5) is 17.1 Å². The molecule has 258 valence electrons. The number of benzene rings is 9. The van der Waals surface area contributed by atoms with E-state index in [4.69, 9.17) is 4.42 Å². The Morgan fingerprint density at radius 1 is 0.345 bits per heavy atom. The number of nitrogens with zero attached hydrogens (tertiary/aromatic N) is 1. The van der Waals surface area contributed by atoms with Crippen molar-refractivity contribution < 1.29 is 4.42 Å². The Morgan fingerprint density at radius 3 is 1.91 bits per heavy atom. The fourth-order valence-electron chi connectivity index (χ4n) is 8.14. The van der Waals surface area contributed by atoms with Gasteiger partial charge in [0.2, 0.25) is 0 Å². The van der Waals surface area contributed by atoms with Crippen LogP contribution in [0.5, 0.6) is 0 Å². The summed E-state index contributed by atoms with van der Waals surface area (Å²) < 4.78 is 9.05. The molecule has 0 spiro atoms. The second-order valence-corrected chi connectivity index (χ2v) is 15.2. The van der Waals surface area contributed by atoms with E-state index in [0.29, 0.717) is 0 Å². The lowest BCUT2D eigenvalue weighted by Crippen LogP contribution is -2.11. The van der Waals surface area contributed by atoms with E-state index >= 15 is 0 Å². The molecule has 11 aromatic rings. The van der Waals surface area contributed by atoms with E-state index in [1.165, 1.54) is 58.8 Å². The molecule has 2 aromatic heterocycles. The second kappa shape index (κ2) is 12.9. The maximum Gasteiger partial charge on any atom is 0.137 e. The van der Waals surface area contributed by atoms with Crippen molar-refractivity contribution in [2.75, 3.05) is 4.90 Å². The van der Waals surface area contributed by atoms with Gasteiger partial charge in [-0.2, -0.15) is 0 Å². The third-order valence-electron chi connectivity index (χ3n) is 10.9. The van der Waals surface area contributed by atoms with Gasteiger partial charge in [-0.15, -0.1) is 11.3 Å². The number of furan rings is 1. The molecule has 0 atom stereocenters. The summed E-state index contributed by atoms with van der Waals surface area (Å²) >= 11 is 1.85. The summed E-state index contributed by atoms with van der Waals surface area (Å²) in [6, 6.07) is 72.3. The van der Waals surface area contributed by atoms with Crippen LogP contribution in [-0.4, -0.2) is 0 Å². The van der Waals surface area contributed by atoms with Crippen LogP contribution in [0.25, 0.3) is 86.3 Å². The molecular formula is C52H33NOS. The van der Waals surface area contributed by atoms with Crippen molar-refractivity contribution in [3.63, 3.8) is 0 Å². The minimum atomic E-state index is 0.870. The number of anilines is 3. The van der Waals surface area contributed by atoms with Gasteiger partial charge in [0.05, 0.1) is 5.69 Å². The molecule has 0 amide bonds. The van der Waals surface area contributed by atoms with Crippen molar-refractivity contribution in [1.82, 2.24) is 0 Å². The standard InChI is InChI=1S/C52H33NOS/c1-2-11-36-31-39(21-20-34(36)10-1)38-13-9-12-37(30-38)35-22-25-41(26-23-35)53(42-27-28-45-44-15-4-7-18-49(44)54-50(45)33-42)48-17-6-3-14-43(48)40-24-29-52-47(32-40)46-16-5-8-19-51(46)55-52/h1-33H. The van der Waals surface area contributed by atoms with Gasteiger partial charge in [-0.25, -0.2) is 0 Å². The Bertz CT molecular complexity index is 3220. The highest BCUT2D eigenvalue weighted by atomic mass is 32.1. The fraction of sp³-hybridized carbons (Fsp3) is 0. The van der Waals surface area contributed by atoms with Gasteiger partial charge in [0.1, 0.15) is 11.2 Å². The number of thiophene rings is 1. The summed E-state index contributed by atoms with van der Waals surface area (Å²) in [5.41, 5.74) is 12.1. The molecule has 2 heterocycles. The van der Waals surface area contributed by atoms with Crippen LogP contribution in [-0.2, 0) is 0 Å². The molecule has 0 saturated heterocycles. The maximum atomic E-state index is 6.43. The first-order valence-electron chi connectivity index (χ1n) is 18.7. The Balaban J connectivity index is 1.04. The maximum absolute atomic E-state index is 6.43. The van der Waals surface area contributed by atoms with Gasteiger partial charge < -0.3 is 9.32 Å². The van der Waals surface area contributed by atoms with Crippen LogP contribution in [0.3, 0.4) is 0 Å². The van der Waals surface area contributed by atoms with Gasteiger partial charge in [0.15, 0.2) is 0 Å². The van der Waals surface area contributed by atoms with Crippen LogP contribution < -0.4 is 4.90 Å². The quantitative estimate of drug-likeness (QED) is 0.170. The first kappa shape index (κ1) is 31.6. The summed E-state index contributed by atoms with van der Waals surface area (Å²) in [6.07, 6.45) is 0. The molecular weight excluding hydrogens is 687 g/mol. The minimum absolute atomic E-state index is 0.870. The predicted molar refractivity (Wildman–Crippen MR) is 235 cm³/mol. The summed E-state index contributed by atoms with van der Waals surface area (Å²) in [6.45, 7) is 0. The lowest BCUT2D eigenvalue weighted by atomic mass is 9.97. The van der Waals surface area contributed by atoms with Crippen molar-refractivity contribution in [3.8, 4) is 33.4 Å². The molecule has 0 aliphatic heterocycles. The van der Waals surface area contributed by atoms with Crippen molar-refractivity contribution in [3.05, 3.63) is 200 Å². The average Bonchev–Trinajstić information content (AvgIpc) is 3.82. The first-order chi connectivity index (χ1) is 27.2. The third-order valence-corrected chi connectivity index (χ3v) is 12.0. The topological polar surface area (TPSA) is 16.4 Å². The average molecular weight is 720 g/mol. The lowest BCUT2D eigenvalue weighted by molar-refractivity contribution is 0.669. The Morgan fingerprint density at radius 2 is 1.00 bits per heavy atom. The second-order valence-electron chi connectivity index (χ2n) is 14.1. The summed E-state index contributed by atoms with van der Waals surface area (Å²) in [4.78, 5) is 2.37. The zero-order valence-electron chi connectivity index (χ0n) is 29.8. The minimum Gasteiger partial charge on any atom is -0.456 e. The van der Waals surface area contributed by atoms with Gasteiger partial charge in [-0.3, -0.25) is 0 Å². The van der Waals surface area contributed by atoms with Crippen molar-refractivity contribution in [1.29, 1.82) is 0 Å². The Hall–Kier alpha value is -6.94. The van der Waals surface area contributed by atoms with E-state index in [-0.39, 0.29) is 0 Å². The molecule has 0 aliphatic carbocycles. The molecule has 9 aromatic carbocycles. The molecule has 3 heteroatoms. The van der Waals surface area contributed by atoms with E-state index in [0.717, 1.165) is 44.6 Å². The van der Waals surface area contributed by atoms with Crippen molar-refractivity contribution in [2.45, 2.75) is 0 Å². The number of para-hydroxylation sites is 2. The Labute approximate surface area is 322 Å². The highest BCUT2D eigenvalue weighted by Gasteiger charge is 2.20. The van der Waals surface area contributed by atoms with E-state index in [9.17, 15) is 0 Å². The van der Waals surface area contributed by atoms with Crippen LogP contribution >= 0.6 is 11.3 Å². The Kier molecular flexibility index (Phi) is 7.39. The van der Waals surface area contributed by atoms with Gasteiger partial charge in [-0.1, -0.05) is 127 Å². The number of rotatable bonds is 6. The molecule has 0 aliphatic rings. The summed E-state index contributed by atoms with van der Waals surface area (Å²) in [7, 11) is 0. The molecule has 0 fully saturated rings. The number of fused-ring (bicyclic) bond motifs is 7. The molecule has 0 N–H and O–H groups in total. The molecule has 0 saturated carbocycles. The normalized spacial score (nSPS) is 11.6. The SMILES string of the molecule is c1cc(-c2ccc(N(c3ccc4c(c3)oc3ccccc34)c3ccccc3-c3ccc4sc5ccccc5c4c3)cc2)cc(-c2ccc3ccccc3c2)c1. The predicted octanol–water partition coefficient (Wildman–Crippen LogP) is 15.6. The molecule has 0 unspecified atom stereocenters. The highest BCUT2D eigenvalue weighted by Crippen LogP contribution is 2.45. The molecule has 0 radical (unpaired) electrons. The van der Waals surface area contributed by atoms with Gasteiger partial charge in [-0.05, 0) is 105 Å². The van der Waals surface area contributed by atoms with Gasteiger partial charge >= 0.3 is 0 Å². The third kappa shape index (κ3) is 5.48. The molecule has 0 bridgehead atoms.